The molecular formula is C14H12O3S. The van der Waals surface area contributed by atoms with Gasteiger partial charge in [0.25, 0.3) is 0 Å². The first-order valence-electron chi connectivity index (χ1n) is 5.43. The summed E-state index contributed by atoms with van der Waals surface area (Å²) in [6, 6.07) is 15.8. The van der Waals surface area contributed by atoms with Gasteiger partial charge >= 0.3 is 5.97 Å². The average molecular weight is 260 g/mol. The molecule has 3 nitrogen and oxygen atoms in total. The van der Waals surface area contributed by atoms with E-state index in [-0.39, 0.29) is 5.56 Å². The Morgan fingerprint density at radius 1 is 1.00 bits per heavy atom. The van der Waals surface area contributed by atoms with Crippen LogP contribution in [0.2, 0.25) is 0 Å². The Morgan fingerprint density at radius 3 is 2.28 bits per heavy atom. The summed E-state index contributed by atoms with van der Waals surface area (Å²) in [6.45, 7) is 0. The summed E-state index contributed by atoms with van der Waals surface area (Å²) in [5.41, 5.74) is 1.03. The molecule has 1 atom stereocenters. The van der Waals surface area contributed by atoms with Gasteiger partial charge in [-0.05, 0) is 17.7 Å². The van der Waals surface area contributed by atoms with Crippen LogP contribution in [0.5, 0.6) is 0 Å². The highest BCUT2D eigenvalue weighted by Gasteiger charge is 2.14. The quantitative estimate of drug-likeness (QED) is 0.919. The van der Waals surface area contributed by atoms with Crippen molar-refractivity contribution in [3.63, 3.8) is 0 Å². The lowest BCUT2D eigenvalue weighted by Crippen LogP contribution is -2.05. The molecule has 18 heavy (non-hydrogen) atoms. The smallest absolute Gasteiger partial charge is 0.336 e. The van der Waals surface area contributed by atoms with Crippen LogP contribution in [0.1, 0.15) is 15.9 Å². The van der Waals surface area contributed by atoms with Gasteiger partial charge in [-0.15, -0.1) is 0 Å². The zero-order chi connectivity index (χ0) is 13.0. The highest BCUT2D eigenvalue weighted by atomic mass is 32.2. The number of hydrogen-bond acceptors (Lipinski definition) is 2. The van der Waals surface area contributed by atoms with Crippen molar-refractivity contribution in [2.24, 2.45) is 0 Å². The molecule has 2 rings (SSSR count). The van der Waals surface area contributed by atoms with Gasteiger partial charge in [-0.2, -0.15) is 0 Å². The molecule has 0 amide bonds. The fourth-order valence-electron chi connectivity index (χ4n) is 1.65. The molecular weight excluding hydrogens is 248 g/mol. The Morgan fingerprint density at radius 2 is 1.61 bits per heavy atom. The topological polar surface area (TPSA) is 54.4 Å². The van der Waals surface area contributed by atoms with Crippen molar-refractivity contribution in [1.82, 2.24) is 0 Å². The number of rotatable bonds is 4. The van der Waals surface area contributed by atoms with E-state index in [4.69, 9.17) is 5.11 Å². The first kappa shape index (κ1) is 12.5. The van der Waals surface area contributed by atoms with Gasteiger partial charge in [0.1, 0.15) is 0 Å². The molecule has 0 radical (unpaired) electrons. The molecule has 0 unspecified atom stereocenters. The first-order chi connectivity index (χ1) is 8.68. The maximum absolute atomic E-state index is 12.2. The van der Waals surface area contributed by atoms with Crippen molar-refractivity contribution in [1.29, 1.82) is 0 Å². The Kier molecular flexibility index (Phi) is 3.89. The second-order valence-corrected chi connectivity index (χ2v) is 5.20. The summed E-state index contributed by atoms with van der Waals surface area (Å²) < 4.78 is 12.2. The number of hydrogen-bond donors (Lipinski definition) is 1. The van der Waals surface area contributed by atoms with Crippen molar-refractivity contribution in [3.05, 3.63) is 65.7 Å². The molecule has 0 aromatic heterocycles. The lowest BCUT2D eigenvalue weighted by molar-refractivity contribution is 0.0693. The molecule has 0 aliphatic rings. The van der Waals surface area contributed by atoms with Gasteiger partial charge in [0.15, 0.2) is 0 Å². The standard InChI is InChI=1S/C14H12O3S/c15-14(16)12-8-4-5-9-13(12)18(17)10-11-6-2-1-3-7-11/h1-9H,10H2,(H,15,16)/t18-/m1/s1. The molecule has 1 N–H and O–H groups in total. The largest absolute Gasteiger partial charge is 0.478 e. The van der Waals surface area contributed by atoms with Gasteiger partial charge in [0.2, 0.25) is 0 Å². The van der Waals surface area contributed by atoms with E-state index in [1.54, 1.807) is 18.2 Å². The number of carbonyl (C=O) groups is 1. The summed E-state index contributed by atoms with van der Waals surface area (Å²) in [6.07, 6.45) is 0. The zero-order valence-electron chi connectivity index (χ0n) is 9.58. The van der Waals surface area contributed by atoms with E-state index in [0.717, 1.165) is 5.56 Å². The van der Waals surface area contributed by atoms with Crippen LogP contribution in [0.4, 0.5) is 0 Å². The van der Waals surface area contributed by atoms with Crippen molar-refractivity contribution in [2.75, 3.05) is 0 Å². The fourth-order valence-corrected chi connectivity index (χ4v) is 2.93. The van der Waals surface area contributed by atoms with Crippen LogP contribution in [-0.4, -0.2) is 15.3 Å². The van der Waals surface area contributed by atoms with Gasteiger partial charge in [-0.1, -0.05) is 42.5 Å². The van der Waals surface area contributed by atoms with E-state index in [1.807, 2.05) is 30.3 Å². The molecule has 0 aliphatic carbocycles. The number of benzene rings is 2. The highest BCUT2D eigenvalue weighted by Crippen LogP contribution is 2.17. The van der Waals surface area contributed by atoms with Crippen LogP contribution < -0.4 is 0 Å². The third kappa shape index (κ3) is 2.84. The molecule has 0 fully saturated rings. The van der Waals surface area contributed by atoms with Gasteiger partial charge in [0, 0.05) is 0 Å². The average Bonchev–Trinajstić information content (AvgIpc) is 2.40. The second kappa shape index (κ2) is 5.60. The lowest BCUT2D eigenvalue weighted by Gasteiger charge is -2.05. The third-order valence-corrected chi connectivity index (χ3v) is 3.95. The van der Waals surface area contributed by atoms with Crippen LogP contribution in [-0.2, 0) is 16.6 Å². The number of carboxylic acids is 1. The van der Waals surface area contributed by atoms with Crippen LogP contribution >= 0.6 is 0 Å². The molecule has 0 bridgehead atoms. The van der Waals surface area contributed by atoms with Crippen molar-refractivity contribution in [2.45, 2.75) is 10.6 Å². The zero-order valence-corrected chi connectivity index (χ0v) is 10.4. The Hall–Kier alpha value is -1.94. The SMILES string of the molecule is O=C(O)c1ccccc1[S@](=O)Cc1ccccc1. The van der Waals surface area contributed by atoms with E-state index >= 15 is 0 Å². The van der Waals surface area contributed by atoms with Crippen LogP contribution in [0.25, 0.3) is 0 Å². The molecule has 0 heterocycles. The van der Waals surface area contributed by atoms with Crippen LogP contribution in [0.3, 0.4) is 0 Å². The second-order valence-electron chi connectivity index (χ2n) is 3.78. The molecule has 4 heteroatoms. The van der Waals surface area contributed by atoms with Crippen LogP contribution in [0.15, 0.2) is 59.5 Å². The predicted molar refractivity (Wildman–Crippen MR) is 70.0 cm³/mol. The Bertz CT molecular complexity index is 579. The maximum Gasteiger partial charge on any atom is 0.336 e. The molecule has 0 aliphatic heterocycles. The minimum atomic E-state index is -1.35. The summed E-state index contributed by atoms with van der Waals surface area (Å²) in [5, 5.41) is 9.05. The van der Waals surface area contributed by atoms with Crippen molar-refractivity contribution >= 4 is 16.8 Å². The van der Waals surface area contributed by atoms with Gasteiger partial charge in [-0.25, -0.2) is 4.79 Å². The van der Waals surface area contributed by atoms with Crippen molar-refractivity contribution in [3.8, 4) is 0 Å². The molecule has 2 aromatic carbocycles. The molecule has 0 saturated carbocycles. The molecule has 0 spiro atoms. The summed E-state index contributed by atoms with van der Waals surface area (Å²) >= 11 is 0. The molecule has 2 aromatic rings. The van der Waals surface area contributed by atoms with Gasteiger partial charge < -0.3 is 5.11 Å². The minimum absolute atomic E-state index is 0.103. The first-order valence-corrected chi connectivity index (χ1v) is 6.75. The Balaban J connectivity index is 2.27. The third-order valence-electron chi connectivity index (χ3n) is 2.50. The predicted octanol–water partition coefficient (Wildman–Crippen LogP) is 2.69. The number of aromatic carboxylic acids is 1. The van der Waals surface area contributed by atoms with E-state index in [9.17, 15) is 9.00 Å². The fraction of sp³-hybridized carbons (Fsp3) is 0.0714. The van der Waals surface area contributed by atoms with Gasteiger partial charge in [0.05, 0.1) is 27.0 Å². The summed E-state index contributed by atoms with van der Waals surface area (Å²) in [7, 11) is -1.35. The Labute approximate surface area is 108 Å². The minimum Gasteiger partial charge on any atom is -0.478 e. The maximum atomic E-state index is 12.2. The van der Waals surface area contributed by atoms with E-state index in [1.165, 1.54) is 6.07 Å². The van der Waals surface area contributed by atoms with E-state index < -0.39 is 16.8 Å². The molecule has 92 valence electrons. The monoisotopic (exact) mass is 260 g/mol. The number of carboxylic acid groups (broad SMARTS) is 1. The van der Waals surface area contributed by atoms with Crippen LogP contribution in [0, 0.1) is 0 Å². The normalized spacial score (nSPS) is 12.0. The van der Waals surface area contributed by atoms with E-state index in [2.05, 4.69) is 0 Å². The van der Waals surface area contributed by atoms with E-state index in [0.29, 0.717) is 10.6 Å². The lowest BCUT2D eigenvalue weighted by atomic mass is 10.2. The molecule has 0 saturated heterocycles. The summed E-state index contributed by atoms with van der Waals surface area (Å²) in [5.74, 6) is -0.725. The highest BCUT2D eigenvalue weighted by molar-refractivity contribution is 7.84. The summed E-state index contributed by atoms with van der Waals surface area (Å²) in [4.78, 5) is 11.4. The van der Waals surface area contributed by atoms with Crippen molar-refractivity contribution < 1.29 is 14.1 Å². The van der Waals surface area contributed by atoms with Gasteiger partial charge in [-0.3, -0.25) is 4.21 Å².